The number of hydrogen-bond acceptors (Lipinski definition) is 1. The maximum absolute atomic E-state index is 13.9. The molecule has 1 atom stereocenters. The number of ketones is 1. The van der Waals surface area contributed by atoms with Crippen LogP contribution in [0.2, 0.25) is 0 Å². The van der Waals surface area contributed by atoms with Crippen molar-refractivity contribution in [3.63, 3.8) is 0 Å². The highest BCUT2D eigenvalue weighted by Gasteiger charge is 2.27. The fraction of sp³-hybridized carbons (Fsp3) is 0.188. The molecule has 1 aliphatic carbocycles. The van der Waals surface area contributed by atoms with Gasteiger partial charge in [0.05, 0.1) is 0 Å². The first-order valence-corrected chi connectivity index (χ1v) is 6.14. The Kier molecular flexibility index (Phi) is 2.71. The van der Waals surface area contributed by atoms with Gasteiger partial charge in [0, 0.05) is 17.9 Å². The minimum atomic E-state index is -0.188. The van der Waals surface area contributed by atoms with Gasteiger partial charge in [-0.05, 0) is 23.6 Å². The van der Waals surface area contributed by atoms with E-state index < -0.39 is 0 Å². The van der Waals surface area contributed by atoms with Crippen molar-refractivity contribution in [2.45, 2.75) is 18.8 Å². The lowest BCUT2D eigenvalue weighted by Gasteiger charge is -2.25. The molecule has 1 nitrogen and oxygen atoms in total. The molecule has 0 saturated carbocycles. The van der Waals surface area contributed by atoms with Crippen molar-refractivity contribution in [3.8, 4) is 0 Å². The Balaban J connectivity index is 2.13. The van der Waals surface area contributed by atoms with Gasteiger partial charge in [0.1, 0.15) is 5.82 Å². The molecule has 3 rings (SSSR count). The van der Waals surface area contributed by atoms with Crippen LogP contribution in [0.1, 0.15) is 40.2 Å². The highest BCUT2D eigenvalue weighted by molar-refractivity contribution is 5.99. The predicted molar refractivity (Wildman–Crippen MR) is 68.2 cm³/mol. The summed E-state index contributed by atoms with van der Waals surface area (Å²) in [7, 11) is 0. The summed E-state index contributed by atoms with van der Waals surface area (Å²) >= 11 is 0. The topological polar surface area (TPSA) is 17.1 Å². The minimum absolute atomic E-state index is 0.0000926. The summed E-state index contributed by atoms with van der Waals surface area (Å²) in [4.78, 5) is 11.9. The van der Waals surface area contributed by atoms with Gasteiger partial charge in [-0.3, -0.25) is 4.79 Å². The highest BCUT2D eigenvalue weighted by atomic mass is 19.1. The average molecular weight is 240 g/mol. The molecule has 1 aliphatic rings. The minimum Gasteiger partial charge on any atom is -0.294 e. The predicted octanol–water partition coefficient (Wildman–Crippen LogP) is 3.93. The van der Waals surface area contributed by atoms with Crippen molar-refractivity contribution in [2.24, 2.45) is 0 Å². The van der Waals surface area contributed by atoms with E-state index in [2.05, 4.69) is 0 Å². The summed E-state index contributed by atoms with van der Waals surface area (Å²) in [5.41, 5.74) is 2.40. The molecule has 18 heavy (non-hydrogen) atoms. The molecule has 0 aromatic heterocycles. The van der Waals surface area contributed by atoms with Gasteiger partial charge in [0.15, 0.2) is 5.78 Å². The molecule has 0 N–H and O–H groups in total. The van der Waals surface area contributed by atoms with Crippen LogP contribution in [0, 0.1) is 5.82 Å². The number of hydrogen-bond donors (Lipinski definition) is 0. The normalized spacial score (nSPS) is 18.5. The van der Waals surface area contributed by atoms with E-state index in [1.165, 1.54) is 6.07 Å². The van der Waals surface area contributed by atoms with Gasteiger partial charge in [0.25, 0.3) is 0 Å². The molecule has 0 spiro atoms. The quantitative estimate of drug-likeness (QED) is 0.738. The zero-order chi connectivity index (χ0) is 12.5. The fourth-order valence-corrected chi connectivity index (χ4v) is 2.70. The molecule has 90 valence electrons. The van der Waals surface area contributed by atoms with Crippen LogP contribution in [0.3, 0.4) is 0 Å². The van der Waals surface area contributed by atoms with Crippen molar-refractivity contribution < 1.29 is 9.18 Å². The first kappa shape index (κ1) is 11.1. The van der Waals surface area contributed by atoms with Crippen LogP contribution in [-0.4, -0.2) is 5.78 Å². The second kappa shape index (κ2) is 4.37. The van der Waals surface area contributed by atoms with Crippen molar-refractivity contribution in [3.05, 3.63) is 71.0 Å². The number of Topliss-reactive ketones (excluding diaryl/α,β-unsaturated/α-hetero) is 1. The first-order valence-electron chi connectivity index (χ1n) is 6.14. The molecular weight excluding hydrogens is 227 g/mol. The van der Waals surface area contributed by atoms with Gasteiger partial charge in [0.2, 0.25) is 0 Å². The summed E-state index contributed by atoms with van der Waals surface area (Å²) in [5, 5.41) is 0. The number of fused-ring (bicyclic) bond motifs is 1. The first-order chi connectivity index (χ1) is 8.77. The van der Waals surface area contributed by atoms with Gasteiger partial charge < -0.3 is 0 Å². The smallest absolute Gasteiger partial charge is 0.163 e. The van der Waals surface area contributed by atoms with Crippen LogP contribution in [-0.2, 0) is 0 Å². The number of halogens is 1. The standard InChI is InChI=1S/C16H13FO/c17-15-8-4-3-6-13(15)12-9-10-16(18)14-7-2-1-5-11(12)14/h1-8,12H,9-10H2/t12-/m1/s1. The van der Waals surface area contributed by atoms with Crippen molar-refractivity contribution in [1.29, 1.82) is 0 Å². The van der Waals surface area contributed by atoms with E-state index in [9.17, 15) is 9.18 Å². The van der Waals surface area contributed by atoms with Crippen LogP contribution in [0.25, 0.3) is 0 Å². The molecule has 2 heteroatoms. The third-order valence-electron chi connectivity index (χ3n) is 3.58. The Hall–Kier alpha value is -1.96. The largest absolute Gasteiger partial charge is 0.294 e. The number of benzene rings is 2. The van der Waals surface area contributed by atoms with Crippen LogP contribution in [0.4, 0.5) is 4.39 Å². The van der Waals surface area contributed by atoms with E-state index in [0.29, 0.717) is 18.4 Å². The summed E-state index contributed by atoms with van der Waals surface area (Å²) in [6, 6.07) is 14.4. The number of carbonyl (C=O) groups is 1. The van der Waals surface area contributed by atoms with E-state index in [1.807, 2.05) is 36.4 Å². The molecule has 0 unspecified atom stereocenters. The summed E-state index contributed by atoms with van der Waals surface area (Å²) < 4.78 is 13.9. The molecule has 0 amide bonds. The molecule has 0 fully saturated rings. The van der Waals surface area contributed by atoms with Crippen molar-refractivity contribution >= 4 is 5.78 Å². The van der Waals surface area contributed by atoms with Crippen LogP contribution in [0.5, 0.6) is 0 Å². The highest BCUT2D eigenvalue weighted by Crippen LogP contribution is 2.37. The van der Waals surface area contributed by atoms with E-state index in [-0.39, 0.29) is 17.5 Å². The van der Waals surface area contributed by atoms with Gasteiger partial charge in [-0.2, -0.15) is 0 Å². The van der Waals surface area contributed by atoms with Gasteiger partial charge in [-0.15, -0.1) is 0 Å². The zero-order valence-corrected chi connectivity index (χ0v) is 9.90. The van der Waals surface area contributed by atoms with Crippen LogP contribution >= 0.6 is 0 Å². The maximum atomic E-state index is 13.9. The maximum Gasteiger partial charge on any atom is 0.163 e. The van der Waals surface area contributed by atoms with Crippen molar-refractivity contribution in [1.82, 2.24) is 0 Å². The molecule has 0 radical (unpaired) electrons. The van der Waals surface area contributed by atoms with Gasteiger partial charge in [-0.1, -0.05) is 42.5 Å². The lowest BCUT2D eigenvalue weighted by molar-refractivity contribution is 0.0969. The number of rotatable bonds is 1. The molecule has 0 heterocycles. The van der Waals surface area contributed by atoms with E-state index in [0.717, 1.165) is 11.1 Å². The van der Waals surface area contributed by atoms with Crippen LogP contribution in [0.15, 0.2) is 48.5 Å². The molecule has 0 aliphatic heterocycles. The Labute approximate surface area is 105 Å². The van der Waals surface area contributed by atoms with Gasteiger partial charge in [-0.25, -0.2) is 4.39 Å². The van der Waals surface area contributed by atoms with E-state index in [4.69, 9.17) is 0 Å². The average Bonchev–Trinajstić information content (AvgIpc) is 2.41. The summed E-state index contributed by atoms with van der Waals surface area (Å²) in [5.74, 6) is -0.0232. The second-order valence-electron chi connectivity index (χ2n) is 4.62. The SMILES string of the molecule is O=C1CC[C@@H](c2ccccc2F)c2ccccc21. The fourth-order valence-electron chi connectivity index (χ4n) is 2.70. The number of carbonyl (C=O) groups excluding carboxylic acids is 1. The summed E-state index contributed by atoms with van der Waals surface area (Å²) in [6.45, 7) is 0. The van der Waals surface area contributed by atoms with E-state index in [1.54, 1.807) is 6.07 Å². The third-order valence-corrected chi connectivity index (χ3v) is 3.58. The monoisotopic (exact) mass is 240 g/mol. The molecular formula is C16H13FO. The Bertz CT molecular complexity index is 604. The lowest BCUT2D eigenvalue weighted by atomic mass is 9.78. The molecule has 2 aromatic carbocycles. The van der Waals surface area contributed by atoms with Crippen LogP contribution < -0.4 is 0 Å². The van der Waals surface area contributed by atoms with Gasteiger partial charge >= 0.3 is 0 Å². The zero-order valence-electron chi connectivity index (χ0n) is 9.90. The lowest BCUT2D eigenvalue weighted by Crippen LogP contribution is -2.17. The molecule has 0 bridgehead atoms. The second-order valence-corrected chi connectivity index (χ2v) is 4.62. The summed E-state index contributed by atoms with van der Waals surface area (Å²) in [6.07, 6.45) is 1.19. The molecule has 2 aromatic rings. The Morgan fingerprint density at radius 2 is 1.61 bits per heavy atom. The Morgan fingerprint density at radius 1 is 0.944 bits per heavy atom. The Morgan fingerprint density at radius 3 is 2.39 bits per heavy atom. The third kappa shape index (κ3) is 1.74. The molecule has 0 saturated heterocycles. The van der Waals surface area contributed by atoms with Crippen molar-refractivity contribution in [2.75, 3.05) is 0 Å². The van der Waals surface area contributed by atoms with E-state index >= 15 is 0 Å².